The molecule has 0 radical (unpaired) electrons. The summed E-state index contributed by atoms with van der Waals surface area (Å²) in [6.07, 6.45) is 2.77. The first-order chi connectivity index (χ1) is 11.4. The monoisotopic (exact) mass is 351 g/mol. The zero-order valence-corrected chi connectivity index (χ0v) is 15.1. The number of hydrogen-bond acceptors (Lipinski definition) is 4. The molecule has 132 valence electrons. The largest absolute Gasteiger partial charge is 0.466 e. The van der Waals surface area contributed by atoms with Gasteiger partial charge in [-0.2, -0.15) is 4.31 Å². The highest BCUT2D eigenvalue weighted by atomic mass is 32.2. The Bertz CT molecular complexity index is 703. The van der Waals surface area contributed by atoms with Crippen molar-refractivity contribution in [3.63, 3.8) is 0 Å². The lowest BCUT2D eigenvalue weighted by atomic mass is 9.72. The van der Waals surface area contributed by atoms with Crippen LogP contribution in [0.1, 0.15) is 45.1 Å². The van der Waals surface area contributed by atoms with Crippen LogP contribution in [0.25, 0.3) is 0 Å². The van der Waals surface area contributed by atoms with Gasteiger partial charge >= 0.3 is 5.97 Å². The van der Waals surface area contributed by atoms with Gasteiger partial charge in [-0.05, 0) is 38.2 Å². The number of benzene rings is 1. The van der Waals surface area contributed by atoms with Crippen molar-refractivity contribution in [2.75, 3.05) is 6.61 Å². The molecule has 2 heterocycles. The molecular weight excluding hydrogens is 326 g/mol. The van der Waals surface area contributed by atoms with Crippen LogP contribution in [0.2, 0.25) is 0 Å². The van der Waals surface area contributed by atoms with Crippen molar-refractivity contribution in [3.05, 3.63) is 35.9 Å². The molecule has 0 aromatic heterocycles. The summed E-state index contributed by atoms with van der Waals surface area (Å²) >= 11 is 0. The van der Waals surface area contributed by atoms with Crippen LogP contribution < -0.4 is 0 Å². The van der Waals surface area contributed by atoms with Gasteiger partial charge in [0.25, 0.3) is 0 Å². The van der Waals surface area contributed by atoms with Crippen LogP contribution in [0.4, 0.5) is 0 Å². The van der Waals surface area contributed by atoms with Crippen LogP contribution in [0.3, 0.4) is 0 Å². The lowest BCUT2D eigenvalue weighted by Gasteiger charge is -2.34. The third-order valence-electron chi connectivity index (χ3n) is 5.50. The summed E-state index contributed by atoms with van der Waals surface area (Å²) in [4.78, 5) is 12.6. The van der Waals surface area contributed by atoms with E-state index in [2.05, 4.69) is 0 Å². The summed E-state index contributed by atoms with van der Waals surface area (Å²) in [6, 6.07) is 8.88. The van der Waals surface area contributed by atoms with Crippen LogP contribution in [-0.4, -0.2) is 37.4 Å². The number of hydrogen-bond donors (Lipinski definition) is 0. The Morgan fingerprint density at radius 1 is 1.25 bits per heavy atom. The van der Waals surface area contributed by atoms with E-state index in [9.17, 15) is 13.2 Å². The molecule has 0 saturated carbocycles. The number of ether oxygens (including phenoxy) is 1. The van der Waals surface area contributed by atoms with E-state index in [4.69, 9.17) is 4.74 Å². The van der Waals surface area contributed by atoms with Gasteiger partial charge in [0.15, 0.2) is 0 Å². The van der Waals surface area contributed by atoms with E-state index in [1.165, 1.54) is 0 Å². The first kappa shape index (κ1) is 17.4. The van der Waals surface area contributed by atoms with Gasteiger partial charge in [-0.15, -0.1) is 0 Å². The Balaban J connectivity index is 1.88. The minimum atomic E-state index is -3.45. The molecule has 2 aliphatic rings. The molecule has 24 heavy (non-hydrogen) atoms. The molecule has 6 heteroatoms. The third kappa shape index (κ3) is 2.75. The second-order valence-electron chi connectivity index (χ2n) is 6.75. The van der Waals surface area contributed by atoms with Crippen molar-refractivity contribution in [1.82, 2.24) is 4.31 Å². The molecule has 2 fully saturated rings. The molecule has 1 aromatic rings. The Morgan fingerprint density at radius 3 is 2.58 bits per heavy atom. The minimum absolute atomic E-state index is 0.0105. The first-order valence-electron chi connectivity index (χ1n) is 8.67. The van der Waals surface area contributed by atoms with Crippen molar-refractivity contribution in [2.24, 2.45) is 5.41 Å². The molecule has 0 spiro atoms. The van der Waals surface area contributed by atoms with Gasteiger partial charge in [-0.25, -0.2) is 8.42 Å². The Kier molecular flexibility index (Phi) is 4.71. The number of fused-ring (bicyclic) bond motifs is 2. The van der Waals surface area contributed by atoms with E-state index in [1.807, 2.05) is 37.3 Å². The van der Waals surface area contributed by atoms with Crippen LogP contribution in [0, 0.1) is 5.41 Å². The summed E-state index contributed by atoms with van der Waals surface area (Å²) in [7, 11) is -3.45. The maximum atomic E-state index is 13.0. The van der Waals surface area contributed by atoms with Crippen molar-refractivity contribution < 1.29 is 17.9 Å². The highest BCUT2D eigenvalue weighted by Gasteiger charge is 2.62. The van der Waals surface area contributed by atoms with Crippen LogP contribution in [-0.2, 0) is 25.3 Å². The molecule has 0 amide bonds. The molecule has 0 unspecified atom stereocenters. The van der Waals surface area contributed by atoms with E-state index >= 15 is 0 Å². The molecular formula is C18H25NO4S. The van der Waals surface area contributed by atoms with Gasteiger partial charge in [0.1, 0.15) is 0 Å². The Labute approximate surface area is 144 Å². The Morgan fingerprint density at radius 2 is 1.96 bits per heavy atom. The van der Waals surface area contributed by atoms with E-state index in [1.54, 1.807) is 11.2 Å². The number of carbonyl (C=O) groups is 1. The molecule has 2 bridgehead atoms. The fourth-order valence-electron chi connectivity index (χ4n) is 4.43. The summed E-state index contributed by atoms with van der Waals surface area (Å²) in [5, 5.41) is 0. The van der Waals surface area contributed by atoms with Crippen LogP contribution in [0.5, 0.6) is 0 Å². The fraction of sp³-hybridized carbons (Fsp3) is 0.611. The summed E-state index contributed by atoms with van der Waals surface area (Å²) in [5.41, 5.74) is 0.102. The minimum Gasteiger partial charge on any atom is -0.466 e. The van der Waals surface area contributed by atoms with Crippen molar-refractivity contribution >= 4 is 16.0 Å². The summed E-state index contributed by atoms with van der Waals surface area (Å²) in [6.45, 7) is 4.08. The zero-order valence-electron chi connectivity index (χ0n) is 14.3. The molecule has 5 nitrogen and oxygen atoms in total. The maximum absolute atomic E-state index is 13.0. The van der Waals surface area contributed by atoms with E-state index in [0.717, 1.165) is 18.4 Å². The normalized spacial score (nSPS) is 29.8. The molecule has 3 rings (SSSR count). The highest BCUT2D eigenvalue weighted by Crippen LogP contribution is 2.53. The quantitative estimate of drug-likeness (QED) is 0.739. The van der Waals surface area contributed by atoms with Gasteiger partial charge in [0.2, 0.25) is 10.0 Å². The van der Waals surface area contributed by atoms with Crippen LogP contribution in [0.15, 0.2) is 30.3 Å². The van der Waals surface area contributed by atoms with E-state index < -0.39 is 15.4 Å². The lowest BCUT2D eigenvalue weighted by molar-refractivity contribution is -0.157. The first-order valence-corrected chi connectivity index (χ1v) is 10.3. The SMILES string of the molecule is CCOC(=O)[C@]1(CC)C[C@@H]2CC[C@H]1N2S(=O)(=O)Cc1ccccc1. The number of nitrogens with zero attached hydrogens (tertiary/aromatic N) is 1. The average Bonchev–Trinajstić information content (AvgIpc) is 3.13. The van der Waals surface area contributed by atoms with E-state index in [-0.39, 0.29) is 23.8 Å². The molecule has 1 aromatic carbocycles. The molecule has 2 saturated heterocycles. The van der Waals surface area contributed by atoms with Gasteiger partial charge in [0.05, 0.1) is 17.8 Å². The fourth-order valence-corrected chi connectivity index (χ4v) is 6.52. The van der Waals surface area contributed by atoms with Gasteiger partial charge < -0.3 is 4.74 Å². The number of sulfonamides is 1. The van der Waals surface area contributed by atoms with Gasteiger partial charge in [0, 0.05) is 12.1 Å². The Hall–Kier alpha value is -1.40. The predicted molar refractivity (Wildman–Crippen MR) is 91.7 cm³/mol. The molecule has 0 N–H and O–H groups in total. The predicted octanol–water partition coefficient (Wildman–Crippen LogP) is 2.71. The number of carbonyl (C=O) groups excluding carboxylic acids is 1. The second kappa shape index (κ2) is 6.48. The smallest absolute Gasteiger partial charge is 0.313 e. The molecule has 3 atom stereocenters. The second-order valence-corrected chi connectivity index (χ2v) is 8.63. The standard InChI is InChI=1S/C18H25NO4S/c1-3-18(17(20)23-4-2)12-15-10-11-16(18)19(15)24(21,22)13-14-8-6-5-7-9-14/h5-9,15-16H,3-4,10-13H2,1-2H3/t15-,16+,18+/m0/s1. The van der Waals surface area contributed by atoms with Gasteiger partial charge in [-0.1, -0.05) is 37.3 Å². The molecule has 0 aliphatic carbocycles. The number of rotatable bonds is 6. The lowest BCUT2D eigenvalue weighted by Crippen LogP contribution is -2.45. The van der Waals surface area contributed by atoms with Crippen LogP contribution >= 0.6 is 0 Å². The van der Waals surface area contributed by atoms with Gasteiger partial charge in [-0.3, -0.25) is 4.79 Å². The van der Waals surface area contributed by atoms with Crippen molar-refractivity contribution in [3.8, 4) is 0 Å². The molecule has 2 aliphatic heterocycles. The summed E-state index contributed by atoms with van der Waals surface area (Å²) < 4.78 is 33.0. The maximum Gasteiger partial charge on any atom is 0.313 e. The van der Waals surface area contributed by atoms with Crippen molar-refractivity contribution in [2.45, 2.75) is 57.4 Å². The highest BCUT2D eigenvalue weighted by molar-refractivity contribution is 7.88. The topological polar surface area (TPSA) is 63.7 Å². The number of esters is 1. The zero-order chi connectivity index (χ0) is 17.4. The average molecular weight is 351 g/mol. The van der Waals surface area contributed by atoms with E-state index in [0.29, 0.717) is 19.4 Å². The van der Waals surface area contributed by atoms with Crippen molar-refractivity contribution in [1.29, 1.82) is 0 Å². The summed E-state index contributed by atoms with van der Waals surface area (Å²) in [5.74, 6) is -0.247. The third-order valence-corrected chi connectivity index (χ3v) is 7.40.